The predicted octanol–water partition coefficient (Wildman–Crippen LogP) is 2.56. The van der Waals surface area contributed by atoms with Gasteiger partial charge in [-0.1, -0.05) is 25.1 Å². The molecule has 2 unspecified atom stereocenters. The standard InChI is InChI=1S/C27H31N3O7S/c1-5-20-25(31)26(32)24(27(33)37-20)29-38(34,35)23(14-28)15(2)21-10-11-22(36-21)18-7-6-17-13-19(30(3)4)9-8-16(17)12-18/h6-13,20,24-27,29,31-33H,5H2,1-4H3/b23-15+/t20-,24?,25-,26-,27?/m1/s1. The lowest BCUT2D eigenvalue weighted by molar-refractivity contribution is -0.244. The molecule has 1 aromatic heterocycles. The molecule has 4 rings (SSSR count). The summed E-state index contributed by atoms with van der Waals surface area (Å²) in [7, 11) is -0.592. The van der Waals surface area contributed by atoms with E-state index in [1.807, 2.05) is 49.3 Å². The molecule has 0 spiro atoms. The summed E-state index contributed by atoms with van der Waals surface area (Å²) in [5.41, 5.74) is 1.89. The van der Waals surface area contributed by atoms with Crippen molar-refractivity contribution in [2.45, 2.75) is 50.9 Å². The number of sulfonamides is 1. The summed E-state index contributed by atoms with van der Waals surface area (Å²) >= 11 is 0. The fourth-order valence-corrected chi connectivity index (χ4v) is 5.82. The number of aliphatic hydroxyl groups excluding tert-OH is 3. The number of nitrogens with one attached hydrogen (secondary N) is 1. The summed E-state index contributed by atoms with van der Waals surface area (Å²) in [6.45, 7) is 3.12. The molecule has 3 aromatic rings. The summed E-state index contributed by atoms with van der Waals surface area (Å²) in [5.74, 6) is 0.651. The Bertz CT molecular complexity index is 1510. The van der Waals surface area contributed by atoms with Crippen molar-refractivity contribution in [3.63, 3.8) is 0 Å². The first-order valence-electron chi connectivity index (χ1n) is 12.1. The normalized spacial score (nSPS) is 24.6. The smallest absolute Gasteiger partial charge is 0.251 e. The Labute approximate surface area is 221 Å². The van der Waals surface area contributed by atoms with Crippen molar-refractivity contribution < 1.29 is 32.9 Å². The second-order valence-electron chi connectivity index (χ2n) is 9.47. The average molecular weight is 542 g/mol. The summed E-state index contributed by atoms with van der Waals surface area (Å²) in [6.07, 6.45) is -5.34. The Morgan fingerprint density at radius 2 is 1.74 bits per heavy atom. The Morgan fingerprint density at radius 3 is 2.39 bits per heavy atom. The SMILES string of the molecule is CC[C@H]1OC(O)C(NS(=O)(=O)/C(C#N)=C(\C)c2ccc(-c3ccc4cc(N(C)C)ccc4c3)o2)[C@@H](O)[C@@H]1O. The van der Waals surface area contributed by atoms with Gasteiger partial charge in [-0.25, -0.2) is 8.42 Å². The molecule has 11 heteroatoms. The number of hydrogen-bond acceptors (Lipinski definition) is 9. The summed E-state index contributed by atoms with van der Waals surface area (Å²) in [5, 5.41) is 42.6. The van der Waals surface area contributed by atoms with Gasteiger partial charge in [-0.05, 0) is 54.4 Å². The lowest BCUT2D eigenvalue weighted by atomic mass is 9.96. The van der Waals surface area contributed by atoms with Crippen molar-refractivity contribution in [1.82, 2.24) is 4.72 Å². The first-order valence-corrected chi connectivity index (χ1v) is 13.6. The summed E-state index contributed by atoms with van der Waals surface area (Å²) < 4.78 is 39.5. The second-order valence-corrected chi connectivity index (χ2v) is 11.1. The molecule has 2 aromatic carbocycles. The van der Waals surface area contributed by atoms with Crippen molar-refractivity contribution in [3.8, 4) is 17.4 Å². The molecule has 0 amide bonds. The van der Waals surface area contributed by atoms with Gasteiger partial charge in [0.25, 0.3) is 10.0 Å². The van der Waals surface area contributed by atoms with Crippen molar-refractivity contribution in [3.05, 3.63) is 59.2 Å². The van der Waals surface area contributed by atoms with Gasteiger partial charge in [-0.2, -0.15) is 9.98 Å². The van der Waals surface area contributed by atoms with Crippen LogP contribution in [0.1, 0.15) is 26.0 Å². The number of rotatable bonds is 7. The number of furan rings is 1. The minimum Gasteiger partial charge on any atom is -0.456 e. The van der Waals surface area contributed by atoms with E-state index in [0.29, 0.717) is 12.2 Å². The Kier molecular flexibility index (Phi) is 7.94. The van der Waals surface area contributed by atoms with Gasteiger partial charge in [0, 0.05) is 30.9 Å². The molecule has 0 radical (unpaired) electrons. The number of benzene rings is 2. The first-order chi connectivity index (χ1) is 18.0. The third-order valence-electron chi connectivity index (χ3n) is 6.73. The summed E-state index contributed by atoms with van der Waals surface area (Å²) in [6, 6.07) is 15.3. The minimum absolute atomic E-state index is 0.0374. The predicted molar refractivity (Wildman–Crippen MR) is 143 cm³/mol. The van der Waals surface area contributed by atoms with Crippen LogP contribution in [0.5, 0.6) is 0 Å². The zero-order valence-corrected chi connectivity index (χ0v) is 22.3. The molecule has 0 bridgehead atoms. The van der Waals surface area contributed by atoms with Gasteiger partial charge in [0.2, 0.25) is 0 Å². The van der Waals surface area contributed by atoms with Crippen LogP contribution in [0.4, 0.5) is 5.69 Å². The highest BCUT2D eigenvalue weighted by Crippen LogP contribution is 2.32. The van der Waals surface area contributed by atoms with E-state index in [1.54, 1.807) is 25.1 Å². The van der Waals surface area contributed by atoms with Gasteiger partial charge in [0.05, 0.1) is 6.10 Å². The third-order valence-corrected chi connectivity index (χ3v) is 8.24. The zero-order valence-electron chi connectivity index (χ0n) is 21.5. The third kappa shape index (κ3) is 5.33. The molecule has 5 atom stereocenters. The van der Waals surface area contributed by atoms with E-state index in [2.05, 4.69) is 10.8 Å². The molecule has 1 saturated heterocycles. The maximum atomic E-state index is 13.1. The van der Waals surface area contributed by atoms with Crippen LogP contribution < -0.4 is 9.62 Å². The number of fused-ring (bicyclic) bond motifs is 1. The van der Waals surface area contributed by atoms with E-state index in [9.17, 15) is 29.0 Å². The van der Waals surface area contributed by atoms with Crippen LogP contribution in [-0.4, -0.2) is 68.5 Å². The molecule has 0 saturated carbocycles. The molecule has 1 aliphatic rings. The molecule has 10 nitrogen and oxygen atoms in total. The van der Waals surface area contributed by atoms with Crippen LogP contribution in [-0.2, 0) is 14.8 Å². The number of nitriles is 1. The van der Waals surface area contributed by atoms with Crippen LogP contribution in [0.3, 0.4) is 0 Å². The Hall–Kier alpha value is -3.24. The second kappa shape index (κ2) is 10.9. The Morgan fingerprint density at radius 1 is 1.05 bits per heavy atom. The number of aliphatic hydroxyl groups is 3. The zero-order chi connectivity index (χ0) is 27.8. The van der Waals surface area contributed by atoms with E-state index < -0.39 is 45.6 Å². The molecular weight excluding hydrogens is 510 g/mol. The van der Waals surface area contributed by atoms with E-state index in [1.165, 1.54) is 6.92 Å². The van der Waals surface area contributed by atoms with Gasteiger partial charge in [-0.3, -0.25) is 0 Å². The summed E-state index contributed by atoms with van der Waals surface area (Å²) in [4.78, 5) is 1.36. The first kappa shape index (κ1) is 27.8. The van der Waals surface area contributed by atoms with E-state index >= 15 is 0 Å². The fraction of sp³-hybridized carbons (Fsp3) is 0.370. The average Bonchev–Trinajstić information content (AvgIpc) is 3.38. The van der Waals surface area contributed by atoms with Crippen LogP contribution >= 0.6 is 0 Å². The molecule has 38 heavy (non-hydrogen) atoms. The molecular formula is C27H31N3O7S. The van der Waals surface area contributed by atoms with Gasteiger partial charge in [0.1, 0.15) is 35.8 Å². The van der Waals surface area contributed by atoms with Gasteiger partial charge >= 0.3 is 0 Å². The van der Waals surface area contributed by atoms with Crippen molar-refractivity contribution in [2.24, 2.45) is 0 Å². The fourth-order valence-electron chi connectivity index (χ4n) is 4.47. The largest absolute Gasteiger partial charge is 0.456 e. The monoisotopic (exact) mass is 541 g/mol. The Balaban J connectivity index is 1.61. The van der Waals surface area contributed by atoms with Crippen LogP contribution in [0.2, 0.25) is 0 Å². The molecule has 2 heterocycles. The number of allylic oxidation sites excluding steroid dienone is 2. The number of nitrogens with zero attached hydrogens (tertiary/aromatic N) is 2. The maximum absolute atomic E-state index is 13.1. The van der Waals surface area contributed by atoms with E-state index in [-0.39, 0.29) is 11.3 Å². The number of anilines is 1. The van der Waals surface area contributed by atoms with Crippen LogP contribution in [0.15, 0.2) is 57.9 Å². The lowest BCUT2D eigenvalue weighted by Crippen LogP contribution is -2.63. The van der Waals surface area contributed by atoms with Crippen molar-refractivity contribution >= 4 is 32.1 Å². The van der Waals surface area contributed by atoms with E-state index in [4.69, 9.17) is 9.15 Å². The van der Waals surface area contributed by atoms with Gasteiger partial charge in [0.15, 0.2) is 11.2 Å². The topological polar surface area (TPSA) is 156 Å². The highest BCUT2D eigenvalue weighted by molar-refractivity contribution is 7.93. The lowest BCUT2D eigenvalue weighted by Gasteiger charge is -2.40. The van der Waals surface area contributed by atoms with Crippen molar-refractivity contribution in [1.29, 1.82) is 5.26 Å². The highest BCUT2D eigenvalue weighted by atomic mass is 32.2. The number of ether oxygens (including phenoxy) is 1. The molecule has 0 aliphatic carbocycles. The molecule has 1 aliphatic heterocycles. The maximum Gasteiger partial charge on any atom is 0.251 e. The quantitative estimate of drug-likeness (QED) is 0.330. The van der Waals surface area contributed by atoms with Crippen molar-refractivity contribution in [2.75, 3.05) is 19.0 Å². The molecule has 202 valence electrons. The highest BCUT2D eigenvalue weighted by Gasteiger charge is 2.45. The van der Waals surface area contributed by atoms with Crippen LogP contribution in [0, 0.1) is 11.3 Å². The van der Waals surface area contributed by atoms with Crippen LogP contribution in [0.25, 0.3) is 27.7 Å². The van der Waals surface area contributed by atoms with Gasteiger partial charge < -0.3 is 29.4 Å². The molecule has 4 N–H and O–H groups in total. The van der Waals surface area contributed by atoms with E-state index in [0.717, 1.165) is 22.0 Å². The minimum atomic E-state index is -4.53. The number of hydrogen-bond donors (Lipinski definition) is 4. The van der Waals surface area contributed by atoms with Gasteiger partial charge in [-0.15, -0.1) is 0 Å². The molecule has 1 fully saturated rings.